The van der Waals surface area contributed by atoms with Gasteiger partial charge in [0.15, 0.2) is 6.79 Å². The average molecular weight is 160 g/mol. The van der Waals surface area contributed by atoms with E-state index in [-0.39, 0.29) is 13.3 Å². The fraction of sp³-hybridized carbons (Fsp3) is 0.857. The second-order valence-corrected chi connectivity index (χ2v) is 2.50. The summed E-state index contributed by atoms with van der Waals surface area (Å²) in [5.41, 5.74) is 0. The van der Waals surface area contributed by atoms with Crippen LogP contribution in [0.5, 0.6) is 0 Å². The van der Waals surface area contributed by atoms with Crippen molar-refractivity contribution in [3.63, 3.8) is 0 Å². The molecular formula is C7H12O4. The third-order valence-corrected chi connectivity index (χ3v) is 1.76. The molecular weight excluding hydrogens is 148 g/mol. The summed E-state index contributed by atoms with van der Waals surface area (Å²) in [7, 11) is 0. The number of rotatable bonds is 5. The van der Waals surface area contributed by atoms with Crippen LogP contribution in [-0.2, 0) is 19.3 Å². The van der Waals surface area contributed by atoms with Gasteiger partial charge in [-0.1, -0.05) is 12.8 Å². The Morgan fingerprint density at radius 1 is 1.36 bits per heavy atom. The molecule has 0 aromatic carbocycles. The minimum atomic E-state index is 0.0450. The van der Waals surface area contributed by atoms with Crippen LogP contribution >= 0.6 is 0 Å². The van der Waals surface area contributed by atoms with E-state index < -0.39 is 0 Å². The Balaban J connectivity index is 1.89. The van der Waals surface area contributed by atoms with E-state index in [0.29, 0.717) is 6.10 Å². The second kappa shape index (κ2) is 5.09. The first-order valence-corrected chi connectivity index (χ1v) is 3.77. The molecule has 0 aromatic rings. The zero-order valence-electron chi connectivity index (χ0n) is 6.32. The van der Waals surface area contributed by atoms with E-state index in [4.69, 9.17) is 4.74 Å². The Hall–Kier alpha value is -0.610. The Labute approximate surface area is 65.4 Å². The number of hydrogen-bond acceptors (Lipinski definition) is 4. The molecule has 1 aliphatic rings. The largest absolute Gasteiger partial charge is 0.348 e. The van der Waals surface area contributed by atoms with Crippen LogP contribution in [-0.4, -0.2) is 19.4 Å². The summed E-state index contributed by atoms with van der Waals surface area (Å²) in [6.45, 7) is 0.279. The van der Waals surface area contributed by atoms with Crippen LogP contribution in [0.1, 0.15) is 25.7 Å². The third kappa shape index (κ3) is 3.34. The fourth-order valence-corrected chi connectivity index (χ4v) is 1.23. The number of hydrogen-bond donors (Lipinski definition) is 0. The van der Waals surface area contributed by atoms with Crippen LogP contribution in [0, 0.1) is 0 Å². The van der Waals surface area contributed by atoms with Crippen LogP contribution < -0.4 is 0 Å². The number of carbonyl (C=O) groups excluding carboxylic acids is 1. The fourth-order valence-electron chi connectivity index (χ4n) is 1.23. The monoisotopic (exact) mass is 160 g/mol. The van der Waals surface area contributed by atoms with Gasteiger partial charge in [-0.05, 0) is 12.8 Å². The standard InChI is InChI=1S/C7H12O4/c8-5-10-11-6-9-7-3-1-2-4-7/h5,7H,1-4,6H2. The molecule has 0 aromatic heterocycles. The summed E-state index contributed by atoms with van der Waals surface area (Å²) in [4.78, 5) is 17.9. The van der Waals surface area contributed by atoms with Gasteiger partial charge in [-0.2, -0.15) is 4.89 Å². The summed E-state index contributed by atoms with van der Waals surface area (Å²) in [5, 5.41) is 0. The lowest BCUT2D eigenvalue weighted by Gasteiger charge is -2.08. The van der Waals surface area contributed by atoms with Crippen molar-refractivity contribution >= 4 is 6.47 Å². The van der Waals surface area contributed by atoms with Crippen molar-refractivity contribution in [2.75, 3.05) is 6.79 Å². The molecule has 4 nitrogen and oxygen atoms in total. The molecule has 64 valence electrons. The number of carbonyl (C=O) groups is 1. The van der Waals surface area contributed by atoms with Crippen molar-refractivity contribution in [2.45, 2.75) is 31.8 Å². The van der Waals surface area contributed by atoms with Crippen LogP contribution in [0.3, 0.4) is 0 Å². The maximum atomic E-state index is 9.60. The molecule has 0 radical (unpaired) electrons. The number of ether oxygens (including phenoxy) is 1. The summed E-state index contributed by atoms with van der Waals surface area (Å²) < 4.78 is 5.20. The Morgan fingerprint density at radius 3 is 2.73 bits per heavy atom. The van der Waals surface area contributed by atoms with Crippen LogP contribution in [0.4, 0.5) is 0 Å². The Morgan fingerprint density at radius 2 is 2.09 bits per heavy atom. The molecule has 0 N–H and O–H groups in total. The molecule has 0 saturated heterocycles. The highest BCUT2D eigenvalue weighted by atomic mass is 17.2. The molecule has 11 heavy (non-hydrogen) atoms. The van der Waals surface area contributed by atoms with E-state index in [1.54, 1.807) is 0 Å². The van der Waals surface area contributed by atoms with Gasteiger partial charge in [0.05, 0.1) is 6.10 Å². The van der Waals surface area contributed by atoms with Crippen molar-refractivity contribution in [1.29, 1.82) is 0 Å². The SMILES string of the molecule is O=COOCOC1CCCC1. The first kappa shape index (κ1) is 8.49. The molecule has 0 unspecified atom stereocenters. The van der Waals surface area contributed by atoms with Crippen molar-refractivity contribution in [3.8, 4) is 0 Å². The molecule has 0 spiro atoms. The highest BCUT2D eigenvalue weighted by Crippen LogP contribution is 2.20. The van der Waals surface area contributed by atoms with Gasteiger partial charge < -0.3 is 4.74 Å². The van der Waals surface area contributed by atoms with E-state index in [9.17, 15) is 4.79 Å². The van der Waals surface area contributed by atoms with E-state index in [1.807, 2.05) is 0 Å². The Bertz CT molecular complexity index is 109. The van der Waals surface area contributed by atoms with E-state index in [2.05, 4.69) is 9.78 Å². The van der Waals surface area contributed by atoms with E-state index in [0.717, 1.165) is 12.8 Å². The lowest BCUT2D eigenvalue weighted by molar-refractivity contribution is -0.306. The van der Waals surface area contributed by atoms with Gasteiger partial charge >= 0.3 is 6.47 Å². The maximum Gasteiger partial charge on any atom is 0.330 e. The van der Waals surface area contributed by atoms with Crippen LogP contribution in [0.25, 0.3) is 0 Å². The quantitative estimate of drug-likeness (QED) is 0.198. The lowest BCUT2D eigenvalue weighted by atomic mass is 10.3. The average Bonchev–Trinajstić information content (AvgIpc) is 2.50. The molecule has 0 heterocycles. The van der Waals surface area contributed by atoms with Crippen LogP contribution in [0.15, 0.2) is 0 Å². The summed E-state index contributed by atoms with van der Waals surface area (Å²) in [6, 6.07) is 0. The van der Waals surface area contributed by atoms with Crippen molar-refractivity contribution in [2.24, 2.45) is 0 Å². The lowest BCUT2D eigenvalue weighted by Crippen LogP contribution is -2.10. The van der Waals surface area contributed by atoms with Gasteiger partial charge in [0.1, 0.15) is 0 Å². The van der Waals surface area contributed by atoms with E-state index in [1.165, 1.54) is 12.8 Å². The smallest absolute Gasteiger partial charge is 0.330 e. The molecule has 0 amide bonds. The van der Waals surface area contributed by atoms with Gasteiger partial charge in [0, 0.05) is 0 Å². The van der Waals surface area contributed by atoms with Crippen molar-refractivity contribution in [3.05, 3.63) is 0 Å². The molecule has 0 aliphatic heterocycles. The third-order valence-electron chi connectivity index (χ3n) is 1.76. The molecule has 1 saturated carbocycles. The molecule has 4 heteroatoms. The predicted octanol–water partition coefficient (Wildman–Crippen LogP) is 1.01. The van der Waals surface area contributed by atoms with Gasteiger partial charge in [0.2, 0.25) is 0 Å². The summed E-state index contributed by atoms with van der Waals surface area (Å²) >= 11 is 0. The molecule has 1 rings (SSSR count). The first-order valence-electron chi connectivity index (χ1n) is 3.77. The van der Waals surface area contributed by atoms with Gasteiger partial charge in [0.25, 0.3) is 0 Å². The molecule has 1 fully saturated rings. The zero-order valence-corrected chi connectivity index (χ0v) is 6.32. The minimum Gasteiger partial charge on any atom is -0.348 e. The van der Waals surface area contributed by atoms with Gasteiger partial charge in [-0.3, -0.25) is 9.68 Å². The molecule has 1 aliphatic carbocycles. The zero-order chi connectivity index (χ0) is 7.94. The van der Waals surface area contributed by atoms with Crippen molar-refractivity contribution < 1.29 is 19.3 Å². The van der Waals surface area contributed by atoms with Crippen molar-refractivity contribution in [1.82, 2.24) is 0 Å². The summed E-state index contributed by atoms with van der Waals surface area (Å²) in [6.07, 6.45) is 4.91. The highest BCUT2D eigenvalue weighted by Gasteiger charge is 2.14. The summed E-state index contributed by atoms with van der Waals surface area (Å²) in [5.74, 6) is 0. The molecule has 0 bridgehead atoms. The topological polar surface area (TPSA) is 44.8 Å². The highest BCUT2D eigenvalue weighted by molar-refractivity contribution is 5.35. The first-order chi connectivity index (χ1) is 5.43. The maximum absolute atomic E-state index is 9.60. The van der Waals surface area contributed by atoms with Gasteiger partial charge in [-0.25, -0.2) is 0 Å². The van der Waals surface area contributed by atoms with Gasteiger partial charge in [-0.15, -0.1) is 0 Å². The predicted molar refractivity (Wildman–Crippen MR) is 36.4 cm³/mol. The molecule has 0 atom stereocenters. The van der Waals surface area contributed by atoms with Crippen LogP contribution in [0.2, 0.25) is 0 Å². The van der Waals surface area contributed by atoms with E-state index >= 15 is 0 Å². The minimum absolute atomic E-state index is 0.0450. The normalized spacial score (nSPS) is 18.5. The second-order valence-electron chi connectivity index (χ2n) is 2.50. The Kier molecular flexibility index (Phi) is 3.93.